The maximum atomic E-state index is 11.9. The normalized spacial score (nSPS) is 10.1. The molecule has 1 heterocycles. The van der Waals surface area contributed by atoms with Gasteiger partial charge in [-0.05, 0) is 46.9 Å². The quantitative estimate of drug-likeness (QED) is 0.668. The van der Waals surface area contributed by atoms with Gasteiger partial charge >= 0.3 is 0 Å². The van der Waals surface area contributed by atoms with E-state index in [1.807, 2.05) is 60.2 Å². The van der Waals surface area contributed by atoms with Gasteiger partial charge in [0.2, 0.25) is 6.54 Å². The van der Waals surface area contributed by atoms with Crippen LogP contribution in [0.2, 0.25) is 0 Å². The van der Waals surface area contributed by atoms with Gasteiger partial charge in [-0.25, -0.2) is 0 Å². The molecule has 1 aromatic carbocycles. The predicted octanol–water partition coefficient (Wildman–Crippen LogP) is 2.53. The Labute approximate surface area is 120 Å². The molecule has 1 N–H and O–H groups in total. The summed E-state index contributed by atoms with van der Waals surface area (Å²) in [5, 5.41) is 2.88. The average molecular weight is 353 g/mol. The molecule has 92 valence electrons. The zero-order chi connectivity index (χ0) is 13.0. The topological polar surface area (TPSA) is 33.0 Å². The molecule has 4 heteroatoms. The summed E-state index contributed by atoms with van der Waals surface area (Å²) in [6.07, 6.45) is 1.91. The van der Waals surface area contributed by atoms with E-state index < -0.39 is 0 Å². The van der Waals surface area contributed by atoms with Gasteiger partial charge in [0.15, 0.2) is 11.9 Å². The highest BCUT2D eigenvalue weighted by Crippen LogP contribution is 2.10. The Morgan fingerprint density at radius 1 is 1.22 bits per heavy atom. The van der Waals surface area contributed by atoms with E-state index in [0.717, 1.165) is 15.0 Å². The van der Waals surface area contributed by atoms with Gasteiger partial charge in [0.25, 0.3) is 5.91 Å². The molecular formula is C14H14IN2O+. The minimum atomic E-state index is -0.0180. The van der Waals surface area contributed by atoms with Crippen molar-refractivity contribution in [2.45, 2.75) is 13.5 Å². The van der Waals surface area contributed by atoms with E-state index in [4.69, 9.17) is 0 Å². The second-order valence-electron chi connectivity index (χ2n) is 4.02. The maximum absolute atomic E-state index is 11.9. The summed E-state index contributed by atoms with van der Waals surface area (Å²) in [5.74, 6) is -0.0180. The number of halogens is 1. The van der Waals surface area contributed by atoms with Crippen molar-refractivity contribution in [1.29, 1.82) is 0 Å². The Bertz CT molecular complexity index is 552. The van der Waals surface area contributed by atoms with Crippen molar-refractivity contribution < 1.29 is 9.36 Å². The Balaban J connectivity index is 2.01. The summed E-state index contributed by atoms with van der Waals surface area (Å²) < 4.78 is 3.07. The van der Waals surface area contributed by atoms with E-state index in [-0.39, 0.29) is 5.91 Å². The van der Waals surface area contributed by atoms with Crippen molar-refractivity contribution in [3.8, 4) is 0 Å². The predicted molar refractivity (Wildman–Crippen MR) is 79.2 cm³/mol. The molecule has 2 rings (SSSR count). The van der Waals surface area contributed by atoms with Gasteiger partial charge in [-0.3, -0.25) is 4.79 Å². The molecule has 0 aliphatic rings. The van der Waals surface area contributed by atoms with Crippen LogP contribution in [0.5, 0.6) is 0 Å². The lowest BCUT2D eigenvalue weighted by Crippen LogP contribution is -2.42. The van der Waals surface area contributed by atoms with Crippen LogP contribution in [0.25, 0.3) is 0 Å². The number of nitrogens with one attached hydrogen (secondary N) is 1. The fourth-order valence-electron chi connectivity index (χ4n) is 1.63. The minimum absolute atomic E-state index is 0.0180. The number of amides is 1. The molecule has 0 radical (unpaired) electrons. The van der Waals surface area contributed by atoms with E-state index in [1.165, 1.54) is 0 Å². The third-order valence-corrected chi connectivity index (χ3v) is 3.33. The Morgan fingerprint density at radius 2 is 1.94 bits per heavy atom. The summed E-state index contributed by atoms with van der Waals surface area (Å²) >= 11 is 2.24. The number of hydrogen-bond acceptors (Lipinski definition) is 1. The summed E-state index contributed by atoms with van der Waals surface area (Å²) in [6.45, 7) is 2.32. The summed E-state index contributed by atoms with van der Waals surface area (Å²) in [7, 11) is 0. The number of pyridine rings is 1. The number of anilines is 1. The first-order valence-corrected chi connectivity index (χ1v) is 6.73. The molecule has 0 aliphatic heterocycles. The van der Waals surface area contributed by atoms with Crippen molar-refractivity contribution in [3.05, 3.63) is 57.9 Å². The van der Waals surface area contributed by atoms with Crippen LogP contribution in [-0.2, 0) is 11.3 Å². The number of aromatic nitrogens is 1. The van der Waals surface area contributed by atoms with Crippen molar-refractivity contribution in [3.63, 3.8) is 0 Å². The van der Waals surface area contributed by atoms with Gasteiger partial charge in [0.05, 0.1) is 0 Å². The molecule has 0 spiro atoms. The second kappa shape index (κ2) is 5.95. The lowest BCUT2D eigenvalue weighted by atomic mass is 10.3. The van der Waals surface area contributed by atoms with Crippen LogP contribution in [-0.4, -0.2) is 5.91 Å². The van der Waals surface area contributed by atoms with Crippen LogP contribution in [0, 0.1) is 10.5 Å². The summed E-state index contributed by atoms with van der Waals surface area (Å²) in [5.41, 5.74) is 1.89. The number of nitrogens with zero attached hydrogens (tertiary/aromatic N) is 1. The first-order valence-electron chi connectivity index (χ1n) is 5.65. The Kier molecular flexibility index (Phi) is 4.30. The van der Waals surface area contributed by atoms with Crippen molar-refractivity contribution in [1.82, 2.24) is 0 Å². The molecule has 0 unspecified atom stereocenters. The fraction of sp³-hybridized carbons (Fsp3) is 0.143. The van der Waals surface area contributed by atoms with Crippen molar-refractivity contribution in [2.75, 3.05) is 5.32 Å². The summed E-state index contributed by atoms with van der Waals surface area (Å²) in [6, 6.07) is 13.6. The fourth-order valence-corrected chi connectivity index (χ4v) is 1.99. The lowest BCUT2D eigenvalue weighted by molar-refractivity contribution is -0.690. The van der Waals surface area contributed by atoms with Gasteiger partial charge in [-0.1, -0.05) is 6.07 Å². The molecule has 3 nitrogen and oxygen atoms in total. The number of hydrogen-bond donors (Lipinski definition) is 1. The van der Waals surface area contributed by atoms with Crippen LogP contribution in [0.1, 0.15) is 5.69 Å². The Morgan fingerprint density at radius 3 is 2.61 bits per heavy atom. The lowest BCUT2D eigenvalue weighted by Gasteiger charge is -2.04. The third-order valence-electron chi connectivity index (χ3n) is 2.61. The van der Waals surface area contributed by atoms with Crippen LogP contribution < -0.4 is 9.88 Å². The highest BCUT2D eigenvalue weighted by molar-refractivity contribution is 14.1. The number of aryl methyl sites for hydroxylation is 1. The summed E-state index contributed by atoms with van der Waals surface area (Å²) in [4.78, 5) is 11.9. The SMILES string of the molecule is Cc1cccc[n+]1CC(=O)Nc1ccc(I)cc1. The largest absolute Gasteiger partial charge is 0.321 e. The average Bonchev–Trinajstić information content (AvgIpc) is 2.35. The molecule has 1 aromatic heterocycles. The van der Waals surface area contributed by atoms with Crippen LogP contribution in [0.15, 0.2) is 48.7 Å². The first kappa shape index (κ1) is 13.0. The van der Waals surface area contributed by atoms with Gasteiger partial charge in [0, 0.05) is 28.3 Å². The zero-order valence-corrected chi connectivity index (χ0v) is 12.2. The van der Waals surface area contributed by atoms with Crippen molar-refractivity contribution >= 4 is 34.2 Å². The Hall–Kier alpha value is -1.43. The zero-order valence-electron chi connectivity index (χ0n) is 10.1. The smallest absolute Gasteiger partial charge is 0.290 e. The number of carbonyl (C=O) groups is 1. The molecule has 18 heavy (non-hydrogen) atoms. The van der Waals surface area contributed by atoms with Gasteiger partial charge in [-0.2, -0.15) is 4.57 Å². The molecule has 0 fully saturated rings. The van der Waals surface area contributed by atoms with E-state index in [0.29, 0.717) is 6.54 Å². The van der Waals surface area contributed by atoms with Crippen LogP contribution in [0.4, 0.5) is 5.69 Å². The van der Waals surface area contributed by atoms with E-state index in [1.54, 1.807) is 0 Å². The minimum Gasteiger partial charge on any atom is -0.321 e. The third kappa shape index (κ3) is 3.53. The number of benzene rings is 1. The van der Waals surface area contributed by atoms with Gasteiger partial charge in [-0.15, -0.1) is 0 Å². The molecule has 0 aliphatic carbocycles. The first-order chi connectivity index (χ1) is 8.65. The number of carbonyl (C=O) groups excluding carboxylic acids is 1. The highest BCUT2D eigenvalue weighted by Gasteiger charge is 2.11. The van der Waals surface area contributed by atoms with E-state index >= 15 is 0 Å². The standard InChI is InChI=1S/C14H13IN2O/c1-11-4-2-3-9-17(11)10-14(18)16-13-7-5-12(15)6-8-13/h2-9H,10H2,1H3/p+1. The molecular weight excluding hydrogens is 339 g/mol. The molecule has 0 bridgehead atoms. The monoisotopic (exact) mass is 353 g/mol. The van der Waals surface area contributed by atoms with Crippen LogP contribution >= 0.6 is 22.6 Å². The van der Waals surface area contributed by atoms with Gasteiger partial charge in [0.1, 0.15) is 0 Å². The van der Waals surface area contributed by atoms with Crippen LogP contribution in [0.3, 0.4) is 0 Å². The molecule has 2 aromatic rings. The maximum Gasteiger partial charge on any atom is 0.290 e. The molecule has 0 saturated heterocycles. The van der Waals surface area contributed by atoms with E-state index in [2.05, 4.69) is 27.9 Å². The molecule has 0 atom stereocenters. The van der Waals surface area contributed by atoms with Crippen molar-refractivity contribution in [2.24, 2.45) is 0 Å². The highest BCUT2D eigenvalue weighted by atomic mass is 127. The second-order valence-corrected chi connectivity index (χ2v) is 5.27. The van der Waals surface area contributed by atoms with Gasteiger partial charge < -0.3 is 5.32 Å². The molecule has 0 saturated carbocycles. The molecule has 1 amide bonds. The van der Waals surface area contributed by atoms with E-state index in [9.17, 15) is 4.79 Å². The number of rotatable bonds is 3.